The molecule has 0 aromatic heterocycles. The maximum Gasteiger partial charge on any atom is 0.323 e. The van der Waals surface area contributed by atoms with E-state index in [0.717, 1.165) is 12.8 Å². The van der Waals surface area contributed by atoms with E-state index in [0.29, 0.717) is 25.2 Å². The number of halogens is 1. The van der Waals surface area contributed by atoms with Crippen molar-refractivity contribution in [2.24, 2.45) is 17.0 Å². The van der Waals surface area contributed by atoms with E-state index in [9.17, 15) is 9.18 Å². The van der Waals surface area contributed by atoms with Gasteiger partial charge in [0.05, 0.1) is 12.1 Å². The van der Waals surface area contributed by atoms with Crippen molar-refractivity contribution in [3.05, 3.63) is 35.6 Å². The lowest BCUT2D eigenvalue weighted by atomic mass is 10.1. The van der Waals surface area contributed by atoms with Gasteiger partial charge in [-0.15, -0.1) is 0 Å². The number of oxime groups is 1. The van der Waals surface area contributed by atoms with Crippen molar-refractivity contribution < 1.29 is 14.0 Å². The number of fused-ring (bicyclic) bond motifs is 1. The lowest BCUT2D eigenvalue weighted by Crippen LogP contribution is -2.45. The number of hydrogen-bond acceptors (Lipinski definition) is 3. The molecule has 1 aromatic rings. The van der Waals surface area contributed by atoms with Crippen LogP contribution in [-0.4, -0.2) is 47.9 Å². The highest BCUT2D eigenvalue weighted by molar-refractivity contribution is 5.77. The Morgan fingerprint density at radius 1 is 1.33 bits per heavy atom. The van der Waals surface area contributed by atoms with Crippen LogP contribution in [0.4, 0.5) is 9.18 Å². The maximum absolute atomic E-state index is 13.2. The quantitative estimate of drug-likeness (QED) is 0.686. The molecule has 0 radical (unpaired) electrons. The Bertz CT molecular complexity index is 739. The average molecular weight is 327 g/mol. The number of urea groups is 1. The first-order valence-electron chi connectivity index (χ1n) is 8.23. The Balaban J connectivity index is 1.37. The number of amides is 2. The molecule has 0 bridgehead atoms. The molecule has 1 aromatic carbocycles. The van der Waals surface area contributed by atoms with E-state index in [1.807, 2.05) is 4.90 Å². The summed E-state index contributed by atoms with van der Waals surface area (Å²) >= 11 is 0. The van der Waals surface area contributed by atoms with Crippen molar-refractivity contribution in [3.63, 3.8) is 0 Å². The van der Waals surface area contributed by atoms with E-state index in [2.05, 4.69) is 17.0 Å². The lowest BCUT2D eigenvalue weighted by molar-refractivity contribution is -0.0126. The van der Waals surface area contributed by atoms with Gasteiger partial charge in [0.25, 0.3) is 0 Å². The normalized spacial score (nSPS) is 27.6. The molecule has 3 atom stereocenters. The van der Waals surface area contributed by atoms with Gasteiger partial charge in [-0.2, -0.15) is 0 Å². The third-order valence-corrected chi connectivity index (χ3v) is 4.75. The second-order valence-corrected chi connectivity index (χ2v) is 6.39. The van der Waals surface area contributed by atoms with Crippen LogP contribution >= 0.6 is 0 Å². The SMILES string of the molecule is O=C(N1CCC(C#Cc2cccc(F)c2)C1)N1CCC2C=NOC21. The number of rotatable bonds is 0. The van der Waals surface area contributed by atoms with E-state index in [1.54, 1.807) is 23.2 Å². The molecule has 2 fully saturated rings. The molecular formula is C18H18FN3O2. The van der Waals surface area contributed by atoms with E-state index in [4.69, 9.17) is 4.84 Å². The Labute approximate surface area is 140 Å². The van der Waals surface area contributed by atoms with Gasteiger partial charge in [-0.05, 0) is 31.0 Å². The van der Waals surface area contributed by atoms with Gasteiger partial charge < -0.3 is 9.74 Å². The molecule has 2 amide bonds. The van der Waals surface area contributed by atoms with Crippen molar-refractivity contribution in [1.29, 1.82) is 0 Å². The molecule has 2 saturated heterocycles. The Morgan fingerprint density at radius 3 is 3.12 bits per heavy atom. The number of carbonyl (C=O) groups is 1. The highest BCUT2D eigenvalue weighted by Gasteiger charge is 2.43. The van der Waals surface area contributed by atoms with Crippen LogP contribution in [0, 0.1) is 29.5 Å². The zero-order valence-corrected chi connectivity index (χ0v) is 13.2. The number of likely N-dealkylation sites (tertiary alicyclic amines) is 2. The van der Waals surface area contributed by atoms with Crippen LogP contribution in [-0.2, 0) is 4.84 Å². The zero-order chi connectivity index (χ0) is 16.5. The summed E-state index contributed by atoms with van der Waals surface area (Å²) in [6, 6.07) is 6.27. The Kier molecular flexibility index (Phi) is 3.85. The standard InChI is InChI=1S/C18H18FN3O2/c19-16-3-1-2-13(10-16)4-5-14-6-8-21(12-14)18(23)22-9-7-15-11-20-24-17(15)22/h1-3,10-11,14-15,17H,6-9,12H2. The first-order valence-corrected chi connectivity index (χ1v) is 8.23. The molecule has 0 spiro atoms. The summed E-state index contributed by atoms with van der Waals surface area (Å²) in [4.78, 5) is 21.6. The van der Waals surface area contributed by atoms with Gasteiger partial charge in [0, 0.05) is 31.1 Å². The van der Waals surface area contributed by atoms with Gasteiger partial charge in [0.1, 0.15) is 5.82 Å². The molecule has 3 heterocycles. The fourth-order valence-corrected chi connectivity index (χ4v) is 3.44. The van der Waals surface area contributed by atoms with Crippen LogP contribution in [0.3, 0.4) is 0 Å². The van der Waals surface area contributed by atoms with Crippen molar-refractivity contribution in [2.45, 2.75) is 19.1 Å². The van der Waals surface area contributed by atoms with Gasteiger partial charge in [-0.25, -0.2) is 9.18 Å². The highest BCUT2D eigenvalue weighted by Crippen LogP contribution is 2.30. The third-order valence-electron chi connectivity index (χ3n) is 4.75. The van der Waals surface area contributed by atoms with Crippen molar-refractivity contribution in [2.75, 3.05) is 19.6 Å². The molecule has 4 rings (SSSR count). The van der Waals surface area contributed by atoms with E-state index >= 15 is 0 Å². The summed E-state index contributed by atoms with van der Waals surface area (Å²) in [5.74, 6) is 6.23. The van der Waals surface area contributed by atoms with Crippen LogP contribution in [0.15, 0.2) is 29.4 Å². The van der Waals surface area contributed by atoms with Gasteiger partial charge in [0.2, 0.25) is 6.23 Å². The molecule has 124 valence electrons. The lowest BCUT2D eigenvalue weighted by Gasteiger charge is -2.27. The number of carbonyl (C=O) groups excluding carboxylic acids is 1. The molecule has 0 N–H and O–H groups in total. The van der Waals surface area contributed by atoms with E-state index < -0.39 is 0 Å². The van der Waals surface area contributed by atoms with Crippen LogP contribution in [0.25, 0.3) is 0 Å². The molecule has 0 saturated carbocycles. The fraction of sp³-hybridized carbons (Fsp3) is 0.444. The fourth-order valence-electron chi connectivity index (χ4n) is 3.44. The van der Waals surface area contributed by atoms with E-state index in [1.165, 1.54) is 12.1 Å². The second kappa shape index (κ2) is 6.16. The average Bonchev–Trinajstić information content (AvgIpc) is 3.29. The highest BCUT2D eigenvalue weighted by atomic mass is 19.1. The first kappa shape index (κ1) is 15.0. The molecule has 3 aliphatic rings. The van der Waals surface area contributed by atoms with Gasteiger partial charge >= 0.3 is 6.03 Å². The molecular weight excluding hydrogens is 309 g/mol. The first-order chi connectivity index (χ1) is 11.7. The van der Waals surface area contributed by atoms with Gasteiger partial charge in [-0.3, -0.25) is 4.90 Å². The minimum absolute atomic E-state index is 0.00283. The maximum atomic E-state index is 13.2. The minimum atomic E-state index is -0.285. The van der Waals surface area contributed by atoms with Crippen molar-refractivity contribution >= 4 is 12.2 Å². The number of nitrogens with zero attached hydrogens (tertiary/aromatic N) is 3. The Morgan fingerprint density at radius 2 is 2.25 bits per heavy atom. The van der Waals surface area contributed by atoms with Gasteiger partial charge in [0.15, 0.2) is 0 Å². The molecule has 0 aliphatic carbocycles. The number of hydrogen-bond donors (Lipinski definition) is 0. The second-order valence-electron chi connectivity index (χ2n) is 6.39. The van der Waals surface area contributed by atoms with E-state index in [-0.39, 0.29) is 29.9 Å². The summed E-state index contributed by atoms with van der Waals surface area (Å²) in [7, 11) is 0. The van der Waals surface area contributed by atoms with Gasteiger partial charge in [-0.1, -0.05) is 23.1 Å². The smallest absolute Gasteiger partial charge is 0.323 e. The summed E-state index contributed by atoms with van der Waals surface area (Å²) in [6.07, 6.45) is 3.29. The van der Waals surface area contributed by atoms with Crippen LogP contribution in [0.5, 0.6) is 0 Å². The molecule has 3 unspecified atom stereocenters. The summed E-state index contributed by atoms with van der Waals surface area (Å²) in [5.41, 5.74) is 0.665. The summed E-state index contributed by atoms with van der Waals surface area (Å²) in [5, 5.41) is 3.82. The summed E-state index contributed by atoms with van der Waals surface area (Å²) < 4.78 is 13.2. The third kappa shape index (κ3) is 2.82. The molecule has 24 heavy (non-hydrogen) atoms. The predicted octanol–water partition coefficient (Wildman–Crippen LogP) is 2.28. The molecule has 5 nitrogen and oxygen atoms in total. The van der Waals surface area contributed by atoms with Crippen LogP contribution < -0.4 is 0 Å². The predicted molar refractivity (Wildman–Crippen MR) is 86.5 cm³/mol. The Hall–Kier alpha value is -2.55. The minimum Gasteiger partial charge on any atom is -0.370 e. The van der Waals surface area contributed by atoms with Crippen LogP contribution in [0.2, 0.25) is 0 Å². The largest absolute Gasteiger partial charge is 0.370 e. The molecule has 3 aliphatic heterocycles. The zero-order valence-electron chi connectivity index (χ0n) is 13.2. The van der Waals surface area contributed by atoms with Crippen molar-refractivity contribution in [1.82, 2.24) is 9.80 Å². The number of benzene rings is 1. The van der Waals surface area contributed by atoms with Crippen LogP contribution in [0.1, 0.15) is 18.4 Å². The summed E-state index contributed by atoms with van der Waals surface area (Å²) in [6.45, 7) is 2.00. The van der Waals surface area contributed by atoms with Crippen molar-refractivity contribution in [3.8, 4) is 11.8 Å². The monoisotopic (exact) mass is 327 g/mol. The topological polar surface area (TPSA) is 45.1 Å². The molecule has 6 heteroatoms.